The first kappa shape index (κ1) is 19.6. The molecule has 0 amide bonds. The molecule has 1 aliphatic heterocycles. The van der Waals surface area contributed by atoms with Crippen LogP contribution in [0.2, 0.25) is 0 Å². The Labute approximate surface area is 138 Å². The van der Waals surface area contributed by atoms with Crippen molar-refractivity contribution in [3.05, 3.63) is 12.2 Å². The fraction of sp³-hybridized carbons (Fsp3) is 0.765. The van der Waals surface area contributed by atoms with E-state index >= 15 is 0 Å². The quantitative estimate of drug-likeness (QED) is 0.368. The first-order valence-corrected chi connectivity index (χ1v) is 8.35. The van der Waals surface area contributed by atoms with Crippen LogP contribution in [-0.2, 0) is 28.5 Å². The molecular formula is C17H28O6. The van der Waals surface area contributed by atoms with Crippen molar-refractivity contribution in [2.75, 3.05) is 26.4 Å². The van der Waals surface area contributed by atoms with Crippen molar-refractivity contribution < 1.29 is 28.5 Å². The van der Waals surface area contributed by atoms with E-state index < -0.39 is 24.1 Å². The molecule has 1 aliphatic rings. The van der Waals surface area contributed by atoms with Crippen LogP contribution in [0.5, 0.6) is 0 Å². The van der Waals surface area contributed by atoms with Gasteiger partial charge in [-0.2, -0.15) is 0 Å². The lowest BCUT2D eigenvalue weighted by atomic mass is 10.0. The van der Waals surface area contributed by atoms with Crippen molar-refractivity contribution >= 4 is 11.9 Å². The van der Waals surface area contributed by atoms with E-state index in [9.17, 15) is 9.59 Å². The molecule has 1 fully saturated rings. The van der Waals surface area contributed by atoms with Gasteiger partial charge in [-0.25, -0.2) is 0 Å². The highest BCUT2D eigenvalue weighted by molar-refractivity contribution is 5.94. The molecule has 0 radical (unpaired) electrons. The topological polar surface area (TPSA) is 71.1 Å². The van der Waals surface area contributed by atoms with E-state index in [-0.39, 0.29) is 25.6 Å². The Bertz CT molecular complexity index is 367. The monoisotopic (exact) mass is 328 g/mol. The van der Waals surface area contributed by atoms with Crippen molar-refractivity contribution in [1.82, 2.24) is 0 Å². The van der Waals surface area contributed by atoms with Gasteiger partial charge in [0.2, 0.25) is 0 Å². The van der Waals surface area contributed by atoms with E-state index in [2.05, 4.69) is 19.1 Å². The van der Waals surface area contributed by atoms with E-state index in [1.165, 1.54) is 0 Å². The van der Waals surface area contributed by atoms with Crippen LogP contribution in [-0.4, -0.2) is 44.7 Å². The second kappa shape index (κ2) is 11.2. The molecule has 6 nitrogen and oxygen atoms in total. The Kier molecular flexibility index (Phi) is 9.55. The molecule has 0 saturated carbocycles. The van der Waals surface area contributed by atoms with Crippen LogP contribution in [0.3, 0.4) is 0 Å². The summed E-state index contributed by atoms with van der Waals surface area (Å²) in [6.07, 6.45) is 5.52. The van der Waals surface area contributed by atoms with Gasteiger partial charge < -0.3 is 18.9 Å². The molecule has 0 aromatic heterocycles. The SMILES string of the molecule is CC/C=C/C1COC(CCC(C(=O)OCC)C(=O)OCC)OC1. The number of hydrogen-bond donors (Lipinski definition) is 0. The predicted molar refractivity (Wildman–Crippen MR) is 84.6 cm³/mol. The van der Waals surface area contributed by atoms with Crippen molar-refractivity contribution in [2.24, 2.45) is 11.8 Å². The summed E-state index contributed by atoms with van der Waals surface area (Å²) in [4.78, 5) is 23.8. The number of rotatable bonds is 9. The number of carbonyl (C=O) groups is 2. The number of hydrogen-bond acceptors (Lipinski definition) is 6. The summed E-state index contributed by atoms with van der Waals surface area (Å²) in [5.74, 6) is -1.76. The molecule has 23 heavy (non-hydrogen) atoms. The third-order valence-corrected chi connectivity index (χ3v) is 3.47. The largest absolute Gasteiger partial charge is 0.465 e. The molecule has 0 N–H and O–H groups in total. The first-order valence-electron chi connectivity index (χ1n) is 8.35. The molecule has 0 bridgehead atoms. The van der Waals surface area contributed by atoms with Gasteiger partial charge in [-0.05, 0) is 33.1 Å². The zero-order valence-electron chi connectivity index (χ0n) is 14.3. The molecule has 0 unspecified atom stereocenters. The maximum Gasteiger partial charge on any atom is 0.320 e. The molecular weight excluding hydrogens is 300 g/mol. The molecule has 1 saturated heterocycles. The second-order valence-electron chi connectivity index (χ2n) is 5.33. The Morgan fingerprint density at radius 2 is 1.65 bits per heavy atom. The molecule has 1 rings (SSSR count). The summed E-state index contributed by atoms with van der Waals surface area (Å²) < 4.78 is 21.2. The van der Waals surface area contributed by atoms with Crippen molar-refractivity contribution in [1.29, 1.82) is 0 Å². The molecule has 6 heteroatoms. The number of allylic oxidation sites excluding steroid dienone is 1. The third-order valence-electron chi connectivity index (χ3n) is 3.47. The maximum absolute atomic E-state index is 11.9. The van der Waals surface area contributed by atoms with Crippen LogP contribution in [0.15, 0.2) is 12.2 Å². The number of carbonyl (C=O) groups excluding carboxylic acids is 2. The summed E-state index contributed by atoms with van der Waals surface area (Å²) >= 11 is 0. The Morgan fingerprint density at radius 1 is 1.09 bits per heavy atom. The molecule has 0 spiro atoms. The van der Waals surface area contributed by atoms with Gasteiger partial charge in [-0.1, -0.05) is 19.1 Å². The van der Waals surface area contributed by atoms with Crippen LogP contribution in [0.1, 0.15) is 40.0 Å². The summed E-state index contributed by atoms with van der Waals surface area (Å²) in [7, 11) is 0. The predicted octanol–water partition coefficient (Wildman–Crippen LogP) is 2.46. The van der Waals surface area contributed by atoms with E-state index in [1.807, 2.05) is 0 Å². The van der Waals surface area contributed by atoms with E-state index in [0.717, 1.165) is 6.42 Å². The summed E-state index contributed by atoms with van der Waals surface area (Å²) in [5.41, 5.74) is 0. The molecule has 0 aromatic carbocycles. The summed E-state index contributed by atoms with van der Waals surface area (Å²) in [6, 6.07) is 0. The molecule has 0 aliphatic carbocycles. The molecule has 132 valence electrons. The minimum atomic E-state index is -0.917. The van der Waals surface area contributed by atoms with Crippen LogP contribution in [0.4, 0.5) is 0 Å². The standard InChI is InChI=1S/C17H28O6/c1-4-7-8-13-11-22-15(23-12-13)10-9-14(16(18)20-5-2)17(19)21-6-3/h7-8,13-15H,4-6,9-12H2,1-3H3/b8-7+. The third kappa shape index (κ3) is 7.14. The van der Waals surface area contributed by atoms with Crippen molar-refractivity contribution in [3.8, 4) is 0 Å². The van der Waals surface area contributed by atoms with Gasteiger partial charge in [0.05, 0.1) is 26.4 Å². The molecule has 0 atom stereocenters. The minimum absolute atomic E-state index is 0.233. The van der Waals surface area contributed by atoms with Crippen LogP contribution in [0.25, 0.3) is 0 Å². The second-order valence-corrected chi connectivity index (χ2v) is 5.33. The average Bonchev–Trinajstić information content (AvgIpc) is 2.55. The Morgan fingerprint density at radius 3 is 2.13 bits per heavy atom. The van der Waals surface area contributed by atoms with Gasteiger partial charge in [0.15, 0.2) is 12.2 Å². The van der Waals surface area contributed by atoms with Crippen LogP contribution < -0.4 is 0 Å². The van der Waals surface area contributed by atoms with Gasteiger partial charge in [-0.3, -0.25) is 9.59 Å². The van der Waals surface area contributed by atoms with Crippen molar-refractivity contribution in [2.45, 2.75) is 46.3 Å². The number of esters is 2. The lowest BCUT2D eigenvalue weighted by Gasteiger charge is -2.28. The van der Waals surface area contributed by atoms with E-state index in [1.54, 1.807) is 13.8 Å². The fourth-order valence-corrected chi connectivity index (χ4v) is 2.28. The molecule has 1 heterocycles. The zero-order valence-corrected chi connectivity index (χ0v) is 14.3. The van der Waals surface area contributed by atoms with Crippen LogP contribution in [0, 0.1) is 11.8 Å². The summed E-state index contributed by atoms with van der Waals surface area (Å²) in [6.45, 7) is 7.13. The zero-order chi connectivity index (χ0) is 17.1. The average molecular weight is 328 g/mol. The van der Waals surface area contributed by atoms with E-state index in [4.69, 9.17) is 18.9 Å². The maximum atomic E-state index is 11.9. The lowest BCUT2D eigenvalue weighted by molar-refractivity contribution is -0.198. The van der Waals surface area contributed by atoms with Gasteiger partial charge in [0.25, 0.3) is 0 Å². The fourth-order valence-electron chi connectivity index (χ4n) is 2.28. The highest BCUT2D eigenvalue weighted by Crippen LogP contribution is 2.20. The Hall–Kier alpha value is -1.40. The summed E-state index contributed by atoms with van der Waals surface area (Å²) in [5, 5.41) is 0. The highest BCUT2D eigenvalue weighted by atomic mass is 16.7. The van der Waals surface area contributed by atoms with Gasteiger partial charge in [-0.15, -0.1) is 0 Å². The number of ether oxygens (including phenoxy) is 4. The first-order chi connectivity index (χ1) is 11.1. The molecule has 0 aromatic rings. The van der Waals surface area contributed by atoms with Gasteiger partial charge in [0.1, 0.15) is 0 Å². The van der Waals surface area contributed by atoms with Crippen LogP contribution >= 0.6 is 0 Å². The van der Waals surface area contributed by atoms with E-state index in [0.29, 0.717) is 19.6 Å². The normalized spacial score (nSPS) is 21.6. The van der Waals surface area contributed by atoms with Gasteiger partial charge >= 0.3 is 11.9 Å². The smallest absolute Gasteiger partial charge is 0.320 e. The Balaban J connectivity index is 2.44. The lowest BCUT2D eigenvalue weighted by Crippen LogP contribution is -2.34. The van der Waals surface area contributed by atoms with Gasteiger partial charge in [0, 0.05) is 5.92 Å². The highest BCUT2D eigenvalue weighted by Gasteiger charge is 2.31. The van der Waals surface area contributed by atoms with Crippen molar-refractivity contribution in [3.63, 3.8) is 0 Å². The minimum Gasteiger partial charge on any atom is -0.465 e.